The van der Waals surface area contributed by atoms with Crippen LogP contribution < -0.4 is 0 Å². The van der Waals surface area contributed by atoms with E-state index in [9.17, 15) is 4.79 Å². The molecule has 6 heteroatoms. The molecule has 1 fully saturated rings. The van der Waals surface area contributed by atoms with Crippen LogP contribution in [0.2, 0.25) is 0 Å². The molecule has 0 radical (unpaired) electrons. The van der Waals surface area contributed by atoms with E-state index < -0.39 is 0 Å². The summed E-state index contributed by atoms with van der Waals surface area (Å²) in [5, 5.41) is 0. The van der Waals surface area contributed by atoms with Crippen LogP contribution in [-0.2, 0) is 6.54 Å². The summed E-state index contributed by atoms with van der Waals surface area (Å²) in [5.41, 5.74) is 0.938. The number of rotatable bonds is 4. The van der Waals surface area contributed by atoms with Crippen molar-refractivity contribution in [2.45, 2.75) is 25.4 Å². The zero-order chi connectivity index (χ0) is 16.4. The maximum Gasteiger partial charge on any atom is 0.290 e. The van der Waals surface area contributed by atoms with E-state index in [0.717, 1.165) is 30.8 Å². The van der Waals surface area contributed by atoms with E-state index in [0.29, 0.717) is 12.3 Å². The summed E-state index contributed by atoms with van der Waals surface area (Å²) in [4.78, 5) is 23.1. The minimum Gasteiger partial charge on any atom is -0.454 e. The van der Waals surface area contributed by atoms with Crippen molar-refractivity contribution in [1.29, 1.82) is 0 Å². The van der Waals surface area contributed by atoms with Gasteiger partial charge >= 0.3 is 0 Å². The van der Waals surface area contributed by atoms with Gasteiger partial charge in [-0.15, -0.1) is 0 Å². The molecule has 4 rings (SSSR count). The van der Waals surface area contributed by atoms with E-state index in [2.05, 4.69) is 9.97 Å². The Labute approximate surface area is 139 Å². The first-order valence-electron chi connectivity index (χ1n) is 8.07. The molecule has 3 aromatic rings. The van der Waals surface area contributed by atoms with Crippen LogP contribution in [0.4, 0.5) is 0 Å². The average Bonchev–Trinajstić information content (AvgIpc) is 3.37. The molecule has 1 atom stereocenters. The van der Waals surface area contributed by atoms with Crippen molar-refractivity contribution < 1.29 is 9.21 Å². The summed E-state index contributed by atoms with van der Waals surface area (Å²) >= 11 is 0. The number of nitrogens with zero attached hydrogens (tertiary/aromatic N) is 4. The van der Waals surface area contributed by atoms with Crippen molar-refractivity contribution in [3.8, 4) is 0 Å². The van der Waals surface area contributed by atoms with Crippen molar-refractivity contribution in [3.63, 3.8) is 0 Å². The van der Waals surface area contributed by atoms with Crippen molar-refractivity contribution in [1.82, 2.24) is 19.4 Å². The van der Waals surface area contributed by atoms with Gasteiger partial charge in [-0.1, -0.05) is 6.07 Å². The largest absolute Gasteiger partial charge is 0.454 e. The first-order chi connectivity index (χ1) is 11.8. The number of hydrogen-bond acceptors (Lipinski definition) is 4. The highest BCUT2D eigenvalue weighted by molar-refractivity contribution is 5.92. The quantitative estimate of drug-likeness (QED) is 0.741. The molecule has 1 aliphatic rings. The molecule has 0 aliphatic carbocycles. The molecule has 0 saturated carbocycles. The van der Waals surface area contributed by atoms with E-state index in [1.807, 2.05) is 39.9 Å². The lowest BCUT2D eigenvalue weighted by molar-refractivity contribution is 0.0698. The molecule has 0 bridgehead atoms. The van der Waals surface area contributed by atoms with Crippen molar-refractivity contribution in [2.75, 3.05) is 6.54 Å². The number of furan rings is 1. The standard InChI is InChI=1S/C18H18N4O2/c23-18(17-7-6-14(24-17)12-21-11-9-19-13-21)22-10-3-5-16(22)15-4-1-2-8-20-15/h1-2,4,6-9,11,13,16H,3,5,10,12H2. The van der Waals surface area contributed by atoms with Gasteiger partial charge in [0.15, 0.2) is 5.76 Å². The normalized spacial score (nSPS) is 17.3. The van der Waals surface area contributed by atoms with Gasteiger partial charge in [0.1, 0.15) is 5.76 Å². The highest BCUT2D eigenvalue weighted by Crippen LogP contribution is 2.32. The molecule has 6 nitrogen and oxygen atoms in total. The van der Waals surface area contributed by atoms with Crippen molar-refractivity contribution in [3.05, 3.63) is 72.5 Å². The van der Waals surface area contributed by atoms with Crippen LogP contribution in [0.5, 0.6) is 0 Å². The minimum absolute atomic E-state index is 0.0286. The van der Waals surface area contributed by atoms with Crippen LogP contribution >= 0.6 is 0 Å². The van der Waals surface area contributed by atoms with E-state index in [1.165, 1.54) is 0 Å². The smallest absolute Gasteiger partial charge is 0.290 e. The third kappa shape index (κ3) is 2.82. The first kappa shape index (κ1) is 14.7. The molecule has 4 heterocycles. The molecule has 3 aromatic heterocycles. The molecule has 1 amide bonds. The number of aromatic nitrogens is 3. The average molecular weight is 322 g/mol. The van der Waals surface area contributed by atoms with Gasteiger partial charge in [0, 0.05) is 25.1 Å². The molecular formula is C18H18N4O2. The van der Waals surface area contributed by atoms with Gasteiger partial charge in [-0.25, -0.2) is 4.98 Å². The molecule has 1 aliphatic heterocycles. The summed E-state index contributed by atoms with van der Waals surface area (Å²) in [6.45, 7) is 1.30. The van der Waals surface area contributed by atoms with Gasteiger partial charge in [-0.2, -0.15) is 0 Å². The molecule has 0 aromatic carbocycles. The fourth-order valence-electron chi connectivity index (χ4n) is 3.17. The van der Waals surface area contributed by atoms with E-state index in [1.54, 1.807) is 24.8 Å². The topological polar surface area (TPSA) is 64.2 Å². The lowest BCUT2D eigenvalue weighted by atomic mass is 10.1. The Morgan fingerprint density at radius 2 is 2.21 bits per heavy atom. The molecule has 0 N–H and O–H groups in total. The molecule has 122 valence electrons. The summed E-state index contributed by atoms with van der Waals surface area (Å²) in [7, 11) is 0. The number of carbonyl (C=O) groups excluding carboxylic acids is 1. The maximum atomic E-state index is 12.8. The van der Waals surface area contributed by atoms with E-state index >= 15 is 0 Å². The highest BCUT2D eigenvalue weighted by Gasteiger charge is 2.32. The Morgan fingerprint density at radius 1 is 1.25 bits per heavy atom. The lowest BCUT2D eigenvalue weighted by Gasteiger charge is -2.23. The lowest BCUT2D eigenvalue weighted by Crippen LogP contribution is -2.30. The van der Waals surface area contributed by atoms with Crippen LogP contribution in [0.15, 0.2) is 59.7 Å². The fourth-order valence-corrected chi connectivity index (χ4v) is 3.17. The van der Waals surface area contributed by atoms with Crippen LogP contribution in [0.3, 0.4) is 0 Å². The monoisotopic (exact) mass is 322 g/mol. The second kappa shape index (κ2) is 6.31. The zero-order valence-corrected chi connectivity index (χ0v) is 13.2. The van der Waals surface area contributed by atoms with Crippen LogP contribution in [0.25, 0.3) is 0 Å². The van der Waals surface area contributed by atoms with Gasteiger partial charge in [0.2, 0.25) is 0 Å². The van der Waals surface area contributed by atoms with Gasteiger partial charge < -0.3 is 13.9 Å². The van der Waals surface area contributed by atoms with E-state index in [4.69, 9.17) is 4.42 Å². The number of likely N-dealkylation sites (tertiary alicyclic amines) is 1. The third-order valence-corrected chi connectivity index (χ3v) is 4.31. The maximum absolute atomic E-state index is 12.8. The number of imidazole rings is 1. The SMILES string of the molecule is O=C(c1ccc(Cn2ccnc2)o1)N1CCCC1c1ccccn1. The van der Waals surface area contributed by atoms with E-state index in [-0.39, 0.29) is 11.9 Å². The summed E-state index contributed by atoms with van der Waals surface area (Å²) < 4.78 is 7.66. The Kier molecular flexibility index (Phi) is 3.86. The fraction of sp³-hybridized carbons (Fsp3) is 0.278. The minimum atomic E-state index is -0.0694. The zero-order valence-electron chi connectivity index (χ0n) is 13.2. The Bertz CT molecular complexity index is 811. The van der Waals surface area contributed by atoms with Gasteiger partial charge in [0.25, 0.3) is 5.91 Å². The number of carbonyl (C=O) groups is 1. The van der Waals surface area contributed by atoms with Gasteiger partial charge in [-0.05, 0) is 37.1 Å². The molecule has 24 heavy (non-hydrogen) atoms. The second-order valence-corrected chi connectivity index (χ2v) is 5.91. The Balaban J connectivity index is 1.52. The van der Waals surface area contributed by atoms with Crippen LogP contribution in [0.1, 0.15) is 40.9 Å². The molecule has 1 saturated heterocycles. The Hall–Kier alpha value is -2.89. The predicted octanol–water partition coefficient (Wildman–Crippen LogP) is 2.90. The second-order valence-electron chi connectivity index (χ2n) is 5.91. The summed E-state index contributed by atoms with van der Waals surface area (Å²) in [5.74, 6) is 1.05. The molecule has 0 spiro atoms. The van der Waals surface area contributed by atoms with Crippen molar-refractivity contribution in [2.24, 2.45) is 0 Å². The van der Waals surface area contributed by atoms with Crippen LogP contribution in [0, 0.1) is 0 Å². The molecular weight excluding hydrogens is 304 g/mol. The van der Waals surface area contributed by atoms with Crippen molar-refractivity contribution >= 4 is 5.91 Å². The number of pyridine rings is 1. The first-order valence-corrected chi connectivity index (χ1v) is 8.07. The van der Waals surface area contributed by atoms with Gasteiger partial charge in [0.05, 0.1) is 24.6 Å². The predicted molar refractivity (Wildman–Crippen MR) is 87.3 cm³/mol. The Morgan fingerprint density at radius 3 is 3.00 bits per heavy atom. The third-order valence-electron chi connectivity index (χ3n) is 4.31. The summed E-state index contributed by atoms with van der Waals surface area (Å²) in [6.07, 6.45) is 8.99. The highest BCUT2D eigenvalue weighted by atomic mass is 16.4. The summed E-state index contributed by atoms with van der Waals surface area (Å²) in [6, 6.07) is 9.45. The van der Waals surface area contributed by atoms with Crippen LogP contribution in [-0.4, -0.2) is 31.9 Å². The molecule has 1 unspecified atom stereocenters. The van der Waals surface area contributed by atoms with Gasteiger partial charge in [-0.3, -0.25) is 9.78 Å². The number of amides is 1. The number of hydrogen-bond donors (Lipinski definition) is 0.